The van der Waals surface area contributed by atoms with Gasteiger partial charge < -0.3 is 14.6 Å². The van der Waals surface area contributed by atoms with E-state index >= 15 is 0 Å². The van der Waals surface area contributed by atoms with Gasteiger partial charge in [0.1, 0.15) is 11.9 Å². The van der Waals surface area contributed by atoms with Crippen molar-refractivity contribution in [2.45, 2.75) is 51.2 Å². The molecule has 0 aliphatic carbocycles. The molecule has 0 bridgehead atoms. The van der Waals surface area contributed by atoms with Crippen molar-refractivity contribution in [1.82, 2.24) is 25.1 Å². The summed E-state index contributed by atoms with van der Waals surface area (Å²) in [5.74, 6) is 0.632. The number of halogens is 5. The van der Waals surface area contributed by atoms with Gasteiger partial charge in [0.15, 0.2) is 0 Å². The fourth-order valence-corrected chi connectivity index (χ4v) is 5.33. The number of para-hydroxylation sites is 1. The molecule has 1 aromatic carbocycles. The predicted molar refractivity (Wildman–Crippen MR) is 145 cm³/mol. The van der Waals surface area contributed by atoms with E-state index in [1.807, 2.05) is 0 Å². The van der Waals surface area contributed by atoms with Crippen molar-refractivity contribution >= 4 is 46.7 Å². The van der Waals surface area contributed by atoms with Crippen LogP contribution in [0.3, 0.4) is 0 Å². The first-order chi connectivity index (χ1) is 19.0. The number of urea groups is 1. The number of carbonyl (C=O) groups excluding carboxylic acids is 1. The van der Waals surface area contributed by atoms with E-state index in [4.69, 9.17) is 27.6 Å². The molecule has 1 N–H and O–H groups in total. The number of anilines is 1. The number of aliphatic imine (C=N–C) groups is 1. The zero-order chi connectivity index (χ0) is 28.6. The molecule has 1 saturated heterocycles. The molecule has 1 fully saturated rings. The lowest BCUT2D eigenvalue weighted by Crippen LogP contribution is -2.40. The van der Waals surface area contributed by atoms with Gasteiger partial charge in [-0.2, -0.15) is 13.2 Å². The molecular formula is C26H24Cl2F3N7O2. The Morgan fingerprint density at radius 2 is 1.75 bits per heavy atom. The highest BCUT2D eigenvalue weighted by Gasteiger charge is 2.41. The first-order valence-corrected chi connectivity index (χ1v) is 13.2. The van der Waals surface area contributed by atoms with Gasteiger partial charge in [-0.1, -0.05) is 29.3 Å². The molecule has 0 saturated carbocycles. The van der Waals surface area contributed by atoms with Gasteiger partial charge in [0.05, 0.1) is 32.7 Å². The van der Waals surface area contributed by atoms with Gasteiger partial charge in [0.2, 0.25) is 5.89 Å². The second-order valence-electron chi connectivity index (χ2n) is 9.57. The molecule has 1 unspecified atom stereocenters. The number of nitrogens with one attached hydrogen (secondary N) is 1. The van der Waals surface area contributed by atoms with E-state index in [9.17, 15) is 18.0 Å². The highest BCUT2D eigenvalue weighted by molar-refractivity contribution is 6.39. The number of amides is 2. The largest absolute Gasteiger partial charge is 0.416 e. The number of alkyl halides is 3. The highest BCUT2D eigenvalue weighted by atomic mass is 35.5. The molecule has 2 aromatic heterocycles. The second-order valence-corrected chi connectivity index (χ2v) is 10.4. The fourth-order valence-electron chi connectivity index (χ4n) is 4.84. The van der Waals surface area contributed by atoms with Crippen molar-refractivity contribution in [1.29, 1.82) is 0 Å². The summed E-state index contributed by atoms with van der Waals surface area (Å²) in [6.07, 6.45) is -1.12. The summed E-state index contributed by atoms with van der Waals surface area (Å²) in [5.41, 5.74) is 2.46. The first-order valence-electron chi connectivity index (χ1n) is 12.5. The van der Waals surface area contributed by atoms with Gasteiger partial charge in [-0.3, -0.25) is 4.99 Å². The molecule has 0 radical (unpaired) electrons. The van der Waals surface area contributed by atoms with Crippen molar-refractivity contribution in [2.24, 2.45) is 4.99 Å². The van der Waals surface area contributed by atoms with Crippen LogP contribution in [-0.4, -0.2) is 62.6 Å². The van der Waals surface area contributed by atoms with Crippen molar-refractivity contribution in [3.05, 3.63) is 57.4 Å². The minimum atomic E-state index is -4.47. The van der Waals surface area contributed by atoms with E-state index in [0.717, 1.165) is 6.21 Å². The zero-order valence-corrected chi connectivity index (χ0v) is 23.0. The Morgan fingerprint density at radius 1 is 1.07 bits per heavy atom. The van der Waals surface area contributed by atoms with Crippen LogP contribution in [-0.2, 0) is 0 Å². The maximum absolute atomic E-state index is 13.2. The SMILES string of the molecule is Cc1nc(C)c(-c2nnc(C3=CC=NC(C(F)(F)F)C3)o2)c(C2CCN(C(=O)Nc3c(Cl)cccc3Cl)CC2)n1. The number of aromatic nitrogens is 4. The molecule has 9 nitrogen and oxygen atoms in total. The molecule has 0 spiro atoms. The summed E-state index contributed by atoms with van der Waals surface area (Å²) >= 11 is 12.4. The van der Waals surface area contributed by atoms with Crippen LogP contribution in [0.15, 0.2) is 33.7 Å². The quantitative estimate of drug-likeness (QED) is 0.362. The molecule has 3 aromatic rings. The van der Waals surface area contributed by atoms with Gasteiger partial charge in [-0.15, -0.1) is 10.2 Å². The third-order valence-corrected chi connectivity index (χ3v) is 7.47. The van der Waals surface area contributed by atoms with Crippen LogP contribution in [0.1, 0.15) is 48.3 Å². The van der Waals surface area contributed by atoms with Crippen LogP contribution in [0.5, 0.6) is 0 Å². The van der Waals surface area contributed by atoms with Gasteiger partial charge in [0, 0.05) is 37.2 Å². The first kappa shape index (κ1) is 28.0. The van der Waals surface area contributed by atoms with Gasteiger partial charge >= 0.3 is 12.2 Å². The molecule has 2 amide bonds. The standard InChI is InChI=1S/C26H24Cl2F3N7O2/c1-13-20(24-37-36-23(40-24)16-6-9-32-19(12-16)26(29,30)31)21(34-14(2)33-13)15-7-10-38(11-8-15)25(39)35-22-17(27)4-3-5-18(22)28/h3-6,9,15,19H,7-8,10-12H2,1-2H3,(H,35,39). The highest BCUT2D eigenvalue weighted by Crippen LogP contribution is 2.38. The Labute approximate surface area is 237 Å². The molecule has 40 heavy (non-hydrogen) atoms. The van der Waals surface area contributed by atoms with Crippen LogP contribution in [0.2, 0.25) is 10.0 Å². The molecule has 210 valence electrons. The number of aryl methyl sites for hydroxylation is 2. The lowest BCUT2D eigenvalue weighted by atomic mass is 9.90. The third kappa shape index (κ3) is 5.83. The number of benzene rings is 1. The second kappa shape index (κ2) is 11.2. The number of piperidine rings is 1. The van der Waals surface area contributed by atoms with Gasteiger partial charge in [-0.25, -0.2) is 14.8 Å². The lowest BCUT2D eigenvalue weighted by Gasteiger charge is -2.32. The number of hydrogen-bond donors (Lipinski definition) is 1. The Hall–Kier alpha value is -3.51. The summed E-state index contributed by atoms with van der Waals surface area (Å²) in [4.78, 5) is 27.2. The maximum Gasteiger partial charge on any atom is 0.411 e. The van der Waals surface area contributed by atoms with Crippen LogP contribution in [0.4, 0.5) is 23.7 Å². The minimum absolute atomic E-state index is 0.00829. The fraction of sp³-hybridized carbons (Fsp3) is 0.385. The Kier molecular flexibility index (Phi) is 7.83. The molecule has 5 rings (SSSR count). The monoisotopic (exact) mass is 593 g/mol. The van der Waals surface area contributed by atoms with Crippen molar-refractivity contribution < 1.29 is 22.4 Å². The summed E-state index contributed by atoms with van der Waals surface area (Å²) < 4.78 is 45.5. The van der Waals surface area contributed by atoms with E-state index in [1.54, 1.807) is 36.9 Å². The number of carbonyl (C=O) groups is 1. The number of dihydropyridines is 1. The number of allylic oxidation sites excluding steroid dienone is 1. The van der Waals surface area contributed by atoms with Crippen LogP contribution >= 0.6 is 23.2 Å². The van der Waals surface area contributed by atoms with E-state index in [2.05, 4.69) is 30.5 Å². The van der Waals surface area contributed by atoms with E-state index in [-0.39, 0.29) is 29.3 Å². The number of likely N-dealkylation sites (tertiary alicyclic amines) is 1. The normalized spacial score (nSPS) is 18.1. The number of rotatable bonds is 4. The molecule has 2 aliphatic heterocycles. The van der Waals surface area contributed by atoms with E-state index < -0.39 is 18.6 Å². The average molecular weight is 594 g/mol. The average Bonchev–Trinajstić information content (AvgIpc) is 3.40. The molecule has 4 heterocycles. The number of hydrogen-bond acceptors (Lipinski definition) is 7. The van der Waals surface area contributed by atoms with Gasteiger partial charge in [0.25, 0.3) is 5.89 Å². The Balaban J connectivity index is 1.34. The minimum Gasteiger partial charge on any atom is -0.416 e. The summed E-state index contributed by atoms with van der Waals surface area (Å²) in [5, 5.41) is 11.6. The van der Waals surface area contributed by atoms with E-state index in [1.165, 1.54) is 6.08 Å². The molecule has 2 aliphatic rings. The molecule has 1 atom stereocenters. The van der Waals surface area contributed by atoms with Crippen LogP contribution in [0.25, 0.3) is 17.0 Å². The van der Waals surface area contributed by atoms with Crippen LogP contribution in [0, 0.1) is 13.8 Å². The Bertz CT molecular complexity index is 1480. The lowest BCUT2D eigenvalue weighted by molar-refractivity contribution is -0.145. The summed E-state index contributed by atoms with van der Waals surface area (Å²) in [6, 6.07) is 2.81. The third-order valence-electron chi connectivity index (χ3n) is 6.84. The summed E-state index contributed by atoms with van der Waals surface area (Å²) in [7, 11) is 0. The number of nitrogens with zero attached hydrogens (tertiary/aromatic N) is 6. The maximum atomic E-state index is 13.2. The van der Waals surface area contributed by atoms with Crippen LogP contribution < -0.4 is 5.32 Å². The molecular weight excluding hydrogens is 570 g/mol. The van der Waals surface area contributed by atoms with Crippen molar-refractivity contribution in [2.75, 3.05) is 18.4 Å². The van der Waals surface area contributed by atoms with E-state index in [0.29, 0.717) is 64.4 Å². The Morgan fingerprint density at radius 3 is 2.42 bits per heavy atom. The van der Waals surface area contributed by atoms with Gasteiger partial charge in [-0.05, 0) is 44.9 Å². The zero-order valence-electron chi connectivity index (χ0n) is 21.5. The topological polar surface area (TPSA) is 109 Å². The summed E-state index contributed by atoms with van der Waals surface area (Å²) in [6.45, 7) is 4.46. The molecule has 14 heteroatoms. The van der Waals surface area contributed by atoms with Crippen molar-refractivity contribution in [3.8, 4) is 11.5 Å². The van der Waals surface area contributed by atoms with Crippen molar-refractivity contribution in [3.63, 3.8) is 0 Å². The smallest absolute Gasteiger partial charge is 0.411 e. The predicted octanol–water partition coefficient (Wildman–Crippen LogP) is 6.65.